The van der Waals surface area contributed by atoms with Gasteiger partial charge in [-0.3, -0.25) is 0 Å². The summed E-state index contributed by atoms with van der Waals surface area (Å²) in [6.45, 7) is 10.7. The van der Waals surface area contributed by atoms with Crippen molar-refractivity contribution in [2.75, 3.05) is 5.32 Å². The van der Waals surface area contributed by atoms with Crippen molar-refractivity contribution in [3.63, 3.8) is 0 Å². The third kappa shape index (κ3) is 5.16. The number of benzene rings is 3. The van der Waals surface area contributed by atoms with E-state index in [4.69, 9.17) is 0 Å². The van der Waals surface area contributed by atoms with Crippen molar-refractivity contribution in [3.8, 4) is 0 Å². The van der Waals surface area contributed by atoms with Gasteiger partial charge in [-0.2, -0.15) is 0 Å². The Kier molecular flexibility index (Phi) is 7.60. The zero-order valence-electron chi connectivity index (χ0n) is 15.3. The monoisotopic (exact) mass is 356 g/mol. The minimum Gasteiger partial charge on any atom is -0.356 e. The third-order valence-corrected chi connectivity index (χ3v) is 3.79. The van der Waals surface area contributed by atoms with Crippen LogP contribution in [0.2, 0.25) is 0 Å². The molecule has 3 aromatic carbocycles. The number of hydrogen-bond donors (Lipinski definition) is 1. The summed E-state index contributed by atoms with van der Waals surface area (Å²) in [6, 6.07) is 23.6. The van der Waals surface area contributed by atoms with Crippen LogP contribution >= 0.6 is 0 Å². The fraction of sp³-hybridized carbons (Fsp3) is 0.273. The van der Waals surface area contributed by atoms with Crippen LogP contribution in [0.4, 0.5) is 11.4 Å². The first-order chi connectivity index (χ1) is 11.0. The van der Waals surface area contributed by atoms with Crippen molar-refractivity contribution >= 4 is 22.1 Å². The van der Waals surface area contributed by atoms with E-state index in [1.54, 1.807) is 0 Å². The van der Waals surface area contributed by atoms with Crippen LogP contribution in [0.25, 0.3) is 10.8 Å². The smallest absolute Gasteiger partial charge is 0.0390 e. The maximum absolute atomic E-state index is 3.47. The first kappa shape index (κ1) is 20.3. The molecule has 24 heavy (non-hydrogen) atoms. The van der Waals surface area contributed by atoms with E-state index in [2.05, 4.69) is 92.8 Å². The molecule has 0 aliphatic rings. The number of nitrogens with one attached hydrogen (secondary N) is 1. The van der Waals surface area contributed by atoms with Gasteiger partial charge in [-0.15, -0.1) is 0 Å². The van der Waals surface area contributed by atoms with Gasteiger partial charge in [0.1, 0.15) is 0 Å². The van der Waals surface area contributed by atoms with Crippen LogP contribution in [0.15, 0.2) is 66.7 Å². The Labute approximate surface area is 158 Å². The maximum atomic E-state index is 3.47. The first-order valence-corrected chi connectivity index (χ1v) is 8.39. The molecule has 1 N–H and O–H groups in total. The van der Waals surface area contributed by atoms with Crippen molar-refractivity contribution in [2.45, 2.75) is 40.0 Å². The van der Waals surface area contributed by atoms with Crippen LogP contribution in [0.5, 0.6) is 0 Å². The molecule has 0 aliphatic carbocycles. The molecule has 0 unspecified atom stereocenters. The van der Waals surface area contributed by atoms with E-state index < -0.39 is 0 Å². The topological polar surface area (TPSA) is 12.0 Å². The van der Waals surface area contributed by atoms with Crippen molar-refractivity contribution < 1.29 is 18.6 Å². The molecular formula is C22H27NV. The summed E-state index contributed by atoms with van der Waals surface area (Å²) in [5, 5.41) is 6.00. The van der Waals surface area contributed by atoms with E-state index >= 15 is 0 Å². The maximum Gasteiger partial charge on any atom is 0.0390 e. The van der Waals surface area contributed by atoms with Gasteiger partial charge in [0.25, 0.3) is 0 Å². The molecule has 0 heterocycles. The second-order valence-electron chi connectivity index (χ2n) is 6.51. The molecule has 0 aromatic heterocycles. The van der Waals surface area contributed by atoms with Crippen LogP contribution in [-0.4, -0.2) is 0 Å². The molecule has 0 saturated heterocycles. The Morgan fingerprint density at radius 1 is 0.667 bits per heavy atom. The minimum atomic E-state index is 0. The van der Waals surface area contributed by atoms with Gasteiger partial charge >= 0.3 is 0 Å². The Hall–Kier alpha value is -1.70. The molecule has 125 valence electrons. The normalized spacial score (nSPS) is 10.4. The molecule has 1 nitrogen and oxygen atoms in total. The standard InChI is InChI=1S/C20H21N.C2H6.V/c1-20(2,3)17-9-12-18(13-10-17)21-19-11-8-15-6-4-5-7-16(15)14-19;1-2;/h4-14,21H,1-3H3;1-2H3;. The zero-order chi connectivity index (χ0) is 16.9. The molecular weight excluding hydrogens is 329 g/mol. The van der Waals surface area contributed by atoms with Gasteiger partial charge in [-0.1, -0.05) is 77.1 Å². The van der Waals surface area contributed by atoms with Gasteiger partial charge in [-0.05, 0) is 46.0 Å². The number of hydrogen-bond acceptors (Lipinski definition) is 1. The van der Waals surface area contributed by atoms with Crippen LogP contribution in [0.1, 0.15) is 40.2 Å². The fourth-order valence-electron chi connectivity index (χ4n) is 2.49. The Bertz CT molecular complexity index is 755. The molecule has 0 atom stereocenters. The second-order valence-corrected chi connectivity index (χ2v) is 6.51. The van der Waals surface area contributed by atoms with Crippen molar-refractivity contribution in [1.29, 1.82) is 0 Å². The van der Waals surface area contributed by atoms with E-state index in [1.807, 2.05) is 13.8 Å². The molecule has 3 rings (SSSR count). The molecule has 0 aliphatic heterocycles. The van der Waals surface area contributed by atoms with Gasteiger partial charge in [0.05, 0.1) is 0 Å². The second kappa shape index (κ2) is 8.96. The summed E-state index contributed by atoms with van der Waals surface area (Å²) < 4.78 is 0. The summed E-state index contributed by atoms with van der Waals surface area (Å²) in [7, 11) is 0. The first-order valence-electron chi connectivity index (χ1n) is 8.39. The van der Waals surface area contributed by atoms with Crippen molar-refractivity contribution in [2.24, 2.45) is 0 Å². The zero-order valence-corrected chi connectivity index (χ0v) is 16.7. The van der Waals surface area contributed by atoms with Crippen LogP contribution in [0, 0.1) is 0 Å². The summed E-state index contributed by atoms with van der Waals surface area (Å²) in [6.07, 6.45) is 0. The molecule has 1 radical (unpaired) electrons. The van der Waals surface area contributed by atoms with Crippen LogP contribution in [0.3, 0.4) is 0 Å². The van der Waals surface area contributed by atoms with Gasteiger partial charge in [0.15, 0.2) is 0 Å². The van der Waals surface area contributed by atoms with Crippen LogP contribution in [-0.2, 0) is 24.0 Å². The van der Waals surface area contributed by atoms with Gasteiger partial charge in [0, 0.05) is 29.9 Å². The minimum absolute atomic E-state index is 0. The predicted molar refractivity (Wildman–Crippen MR) is 104 cm³/mol. The third-order valence-electron chi connectivity index (χ3n) is 3.79. The predicted octanol–water partition coefficient (Wildman–Crippen LogP) is 6.90. The van der Waals surface area contributed by atoms with Gasteiger partial charge < -0.3 is 5.32 Å². The van der Waals surface area contributed by atoms with Crippen molar-refractivity contribution in [1.82, 2.24) is 0 Å². The van der Waals surface area contributed by atoms with E-state index in [0.29, 0.717) is 0 Å². The molecule has 0 amide bonds. The number of rotatable bonds is 2. The largest absolute Gasteiger partial charge is 0.356 e. The van der Waals surface area contributed by atoms with E-state index in [0.717, 1.165) is 11.4 Å². The summed E-state index contributed by atoms with van der Waals surface area (Å²) in [4.78, 5) is 0. The Morgan fingerprint density at radius 2 is 1.21 bits per heavy atom. The Balaban J connectivity index is 0.000000925. The van der Waals surface area contributed by atoms with E-state index in [9.17, 15) is 0 Å². The average molecular weight is 356 g/mol. The van der Waals surface area contributed by atoms with Crippen molar-refractivity contribution in [3.05, 3.63) is 72.3 Å². The average Bonchev–Trinajstić information content (AvgIpc) is 2.56. The fourth-order valence-corrected chi connectivity index (χ4v) is 2.49. The molecule has 0 fully saturated rings. The van der Waals surface area contributed by atoms with E-state index in [-0.39, 0.29) is 24.0 Å². The quantitative estimate of drug-likeness (QED) is 0.526. The van der Waals surface area contributed by atoms with Crippen LogP contribution < -0.4 is 5.32 Å². The Morgan fingerprint density at radius 3 is 1.79 bits per heavy atom. The molecule has 0 bridgehead atoms. The number of anilines is 2. The molecule has 0 spiro atoms. The van der Waals surface area contributed by atoms with E-state index in [1.165, 1.54) is 16.3 Å². The van der Waals surface area contributed by atoms with Gasteiger partial charge in [-0.25, -0.2) is 0 Å². The summed E-state index contributed by atoms with van der Waals surface area (Å²) >= 11 is 0. The molecule has 3 aromatic rings. The summed E-state index contributed by atoms with van der Waals surface area (Å²) in [5.41, 5.74) is 3.80. The SMILES string of the molecule is CC.CC(C)(C)c1ccc(Nc2ccc3ccccc3c2)cc1.[V]. The number of fused-ring (bicyclic) bond motifs is 1. The molecule has 2 heteroatoms. The summed E-state index contributed by atoms with van der Waals surface area (Å²) in [5.74, 6) is 0. The molecule has 0 saturated carbocycles. The van der Waals surface area contributed by atoms with Gasteiger partial charge in [0.2, 0.25) is 0 Å².